The Morgan fingerprint density at radius 2 is 2.08 bits per heavy atom. The molecule has 0 radical (unpaired) electrons. The van der Waals surface area contributed by atoms with Gasteiger partial charge in [-0.3, -0.25) is 13.8 Å². The van der Waals surface area contributed by atoms with E-state index in [-0.39, 0.29) is 5.91 Å². The third-order valence-electron chi connectivity index (χ3n) is 4.09. The molecule has 3 aromatic heterocycles. The van der Waals surface area contributed by atoms with E-state index in [0.29, 0.717) is 12.1 Å². The molecule has 4 aromatic rings. The van der Waals surface area contributed by atoms with E-state index in [2.05, 4.69) is 25.9 Å². The van der Waals surface area contributed by atoms with Crippen molar-refractivity contribution in [2.45, 2.75) is 20.3 Å². The maximum absolute atomic E-state index is 13.2. The first-order valence-corrected chi connectivity index (χ1v) is 8.53. The number of hydrogen-bond donors (Lipinski definition) is 0. The number of aromatic nitrogens is 4. The molecule has 0 spiro atoms. The van der Waals surface area contributed by atoms with Crippen LogP contribution in [0.5, 0.6) is 0 Å². The average molecular weight is 383 g/mol. The Morgan fingerprint density at radius 3 is 2.88 bits per heavy atom. The lowest BCUT2D eigenvalue weighted by Crippen LogP contribution is -2.15. The summed E-state index contributed by atoms with van der Waals surface area (Å²) < 4.78 is 4.34. The normalized spacial score (nSPS) is 11.5. The minimum absolute atomic E-state index is 0.120. The van der Waals surface area contributed by atoms with E-state index in [4.69, 9.17) is 0 Å². The molecule has 0 unspecified atom stereocenters. The largest absolute Gasteiger partial charge is 0.294 e. The number of nitrogens with zero attached hydrogens (tertiary/aromatic N) is 4. The Morgan fingerprint density at radius 1 is 1.29 bits per heavy atom. The summed E-state index contributed by atoms with van der Waals surface area (Å²) >= 11 is 3.55. The Labute approximate surface area is 147 Å². The number of rotatable bonds is 2. The van der Waals surface area contributed by atoms with Crippen LogP contribution >= 0.6 is 15.9 Å². The van der Waals surface area contributed by atoms with Crippen molar-refractivity contribution < 1.29 is 4.79 Å². The molecule has 5 nitrogen and oxygen atoms in total. The Balaban J connectivity index is 2.00. The second kappa shape index (κ2) is 5.56. The summed E-state index contributed by atoms with van der Waals surface area (Å²) in [6.45, 7) is 4.00. The number of benzene rings is 1. The van der Waals surface area contributed by atoms with Gasteiger partial charge in [-0.15, -0.1) is 0 Å². The fourth-order valence-electron chi connectivity index (χ4n) is 2.99. The third-order valence-corrected chi connectivity index (χ3v) is 4.68. The van der Waals surface area contributed by atoms with E-state index in [1.54, 1.807) is 10.9 Å². The molecule has 0 atom stereocenters. The number of imidazole rings is 2. The molecular formula is C18H15BrN4O. The summed E-state index contributed by atoms with van der Waals surface area (Å²) in [6.07, 6.45) is 4.20. The number of halogens is 1. The molecule has 0 amide bonds. The van der Waals surface area contributed by atoms with Crippen molar-refractivity contribution in [1.29, 1.82) is 0 Å². The third kappa shape index (κ3) is 2.17. The lowest BCUT2D eigenvalue weighted by Gasteiger charge is -2.06. The molecule has 0 aliphatic rings. The molecule has 3 heterocycles. The number of para-hydroxylation sites is 2. The molecule has 6 heteroatoms. The zero-order chi connectivity index (χ0) is 16.8. The van der Waals surface area contributed by atoms with Crippen LogP contribution in [-0.4, -0.2) is 24.8 Å². The van der Waals surface area contributed by atoms with Crippen LogP contribution in [0.2, 0.25) is 0 Å². The Hall–Kier alpha value is -2.47. The molecule has 1 aromatic carbocycles. The SMILES string of the molecule is CCc1nc2c(Br)cc(C)cn2c1C(=O)n1cnc2ccccc21. The van der Waals surface area contributed by atoms with Crippen molar-refractivity contribution in [3.05, 3.63) is 64.3 Å². The Kier molecular flexibility index (Phi) is 3.49. The van der Waals surface area contributed by atoms with Gasteiger partial charge in [0, 0.05) is 6.20 Å². The second-order valence-electron chi connectivity index (χ2n) is 5.73. The molecule has 4 rings (SSSR count). The van der Waals surface area contributed by atoms with Crippen LogP contribution in [0.1, 0.15) is 28.7 Å². The molecular weight excluding hydrogens is 368 g/mol. The number of carbonyl (C=O) groups is 1. The van der Waals surface area contributed by atoms with Crippen LogP contribution in [0.3, 0.4) is 0 Å². The van der Waals surface area contributed by atoms with Crippen molar-refractivity contribution in [3.63, 3.8) is 0 Å². The van der Waals surface area contributed by atoms with Crippen LogP contribution in [0.15, 0.2) is 47.3 Å². The standard InChI is InChI=1S/C18H15BrN4O/c1-3-13-16(22-9-11(2)8-12(19)17(22)21-13)18(24)23-10-20-14-6-4-5-7-15(14)23/h4-10H,3H2,1-2H3. The van der Waals surface area contributed by atoms with E-state index >= 15 is 0 Å². The van der Waals surface area contributed by atoms with Crippen LogP contribution in [0.25, 0.3) is 16.7 Å². The van der Waals surface area contributed by atoms with Gasteiger partial charge in [0.15, 0.2) is 5.65 Å². The summed E-state index contributed by atoms with van der Waals surface area (Å²) in [5.74, 6) is -0.120. The number of aryl methyl sites for hydroxylation is 2. The van der Waals surface area contributed by atoms with E-state index in [1.165, 1.54) is 0 Å². The van der Waals surface area contributed by atoms with Crippen molar-refractivity contribution in [2.75, 3.05) is 0 Å². The van der Waals surface area contributed by atoms with Gasteiger partial charge in [0.05, 0.1) is 21.2 Å². The predicted molar refractivity (Wildman–Crippen MR) is 96.5 cm³/mol. The molecule has 0 bridgehead atoms. The van der Waals surface area contributed by atoms with E-state index in [1.807, 2.05) is 54.8 Å². The molecule has 24 heavy (non-hydrogen) atoms. The summed E-state index contributed by atoms with van der Waals surface area (Å²) in [6, 6.07) is 9.62. The van der Waals surface area contributed by atoms with E-state index in [0.717, 1.165) is 32.4 Å². The van der Waals surface area contributed by atoms with Gasteiger partial charge >= 0.3 is 0 Å². The Bertz CT molecular complexity index is 1090. The highest BCUT2D eigenvalue weighted by molar-refractivity contribution is 9.10. The fraction of sp³-hybridized carbons (Fsp3) is 0.167. The number of carbonyl (C=O) groups excluding carboxylic acids is 1. The minimum atomic E-state index is -0.120. The molecule has 0 aliphatic heterocycles. The topological polar surface area (TPSA) is 52.2 Å². The lowest BCUT2D eigenvalue weighted by molar-refractivity contribution is 0.0957. The van der Waals surface area contributed by atoms with Crippen LogP contribution < -0.4 is 0 Å². The van der Waals surface area contributed by atoms with Gasteiger partial charge in [0.25, 0.3) is 5.91 Å². The van der Waals surface area contributed by atoms with Crippen molar-refractivity contribution in [3.8, 4) is 0 Å². The molecule has 0 fully saturated rings. The first-order chi connectivity index (χ1) is 11.6. The molecule has 0 N–H and O–H groups in total. The van der Waals surface area contributed by atoms with Gasteiger partial charge in [-0.1, -0.05) is 19.1 Å². The summed E-state index contributed by atoms with van der Waals surface area (Å²) in [4.78, 5) is 22.2. The quantitative estimate of drug-likeness (QED) is 0.526. The number of pyridine rings is 1. The summed E-state index contributed by atoms with van der Waals surface area (Å²) in [5.41, 5.74) is 4.77. The van der Waals surface area contributed by atoms with Gasteiger partial charge in [0.2, 0.25) is 0 Å². The lowest BCUT2D eigenvalue weighted by atomic mass is 10.2. The average Bonchev–Trinajstić information content (AvgIpc) is 3.15. The summed E-state index contributed by atoms with van der Waals surface area (Å²) in [5, 5.41) is 0. The van der Waals surface area contributed by atoms with Gasteiger partial charge in [-0.05, 0) is 53.0 Å². The van der Waals surface area contributed by atoms with Gasteiger partial charge in [-0.25, -0.2) is 9.97 Å². The van der Waals surface area contributed by atoms with Crippen LogP contribution in [0.4, 0.5) is 0 Å². The van der Waals surface area contributed by atoms with Crippen molar-refractivity contribution >= 4 is 38.5 Å². The maximum Gasteiger partial charge on any atom is 0.282 e. The zero-order valence-electron chi connectivity index (χ0n) is 13.3. The monoisotopic (exact) mass is 382 g/mol. The predicted octanol–water partition coefficient (Wildman–Crippen LogP) is 4.01. The first kappa shape index (κ1) is 15.1. The molecule has 120 valence electrons. The maximum atomic E-state index is 13.2. The second-order valence-corrected chi connectivity index (χ2v) is 6.58. The molecule has 0 saturated heterocycles. The number of hydrogen-bond acceptors (Lipinski definition) is 3. The highest BCUT2D eigenvalue weighted by Gasteiger charge is 2.22. The van der Waals surface area contributed by atoms with Crippen LogP contribution in [-0.2, 0) is 6.42 Å². The summed E-state index contributed by atoms with van der Waals surface area (Å²) in [7, 11) is 0. The zero-order valence-corrected chi connectivity index (χ0v) is 14.9. The van der Waals surface area contributed by atoms with Gasteiger partial charge in [-0.2, -0.15) is 0 Å². The minimum Gasteiger partial charge on any atom is -0.294 e. The molecule has 0 aliphatic carbocycles. The van der Waals surface area contributed by atoms with E-state index < -0.39 is 0 Å². The molecule has 0 saturated carbocycles. The van der Waals surface area contributed by atoms with Crippen molar-refractivity contribution in [1.82, 2.24) is 18.9 Å². The first-order valence-electron chi connectivity index (χ1n) is 7.74. The van der Waals surface area contributed by atoms with Crippen molar-refractivity contribution in [2.24, 2.45) is 0 Å². The highest BCUT2D eigenvalue weighted by Crippen LogP contribution is 2.24. The van der Waals surface area contributed by atoms with Gasteiger partial charge < -0.3 is 0 Å². The van der Waals surface area contributed by atoms with Gasteiger partial charge in [0.1, 0.15) is 12.0 Å². The highest BCUT2D eigenvalue weighted by atomic mass is 79.9. The number of fused-ring (bicyclic) bond motifs is 2. The fourth-order valence-corrected chi connectivity index (χ4v) is 3.63. The van der Waals surface area contributed by atoms with Crippen LogP contribution in [0, 0.1) is 6.92 Å². The van der Waals surface area contributed by atoms with E-state index in [9.17, 15) is 4.79 Å². The smallest absolute Gasteiger partial charge is 0.282 e.